The van der Waals surface area contributed by atoms with Gasteiger partial charge in [0.15, 0.2) is 0 Å². The minimum atomic E-state index is 0.194. The Morgan fingerprint density at radius 2 is 2.00 bits per heavy atom. The summed E-state index contributed by atoms with van der Waals surface area (Å²) in [5.41, 5.74) is 2.87. The molecule has 5 heteroatoms. The van der Waals surface area contributed by atoms with E-state index in [-0.39, 0.29) is 6.04 Å². The molecule has 0 unspecified atom stereocenters. The molecule has 3 rings (SSSR count). The summed E-state index contributed by atoms with van der Waals surface area (Å²) >= 11 is 9.42. The zero-order valence-electron chi connectivity index (χ0n) is 11.9. The van der Waals surface area contributed by atoms with Crippen LogP contribution >= 0.6 is 27.5 Å². The number of halogens is 2. The van der Waals surface area contributed by atoms with Gasteiger partial charge in [-0.3, -0.25) is 0 Å². The maximum absolute atomic E-state index is 9.44. The predicted octanol–water partition coefficient (Wildman–Crippen LogP) is 4.13. The summed E-state index contributed by atoms with van der Waals surface area (Å²) in [6.07, 6.45) is 0. The minimum absolute atomic E-state index is 0.194. The second-order valence-corrected chi connectivity index (χ2v) is 6.59. The van der Waals surface area contributed by atoms with E-state index in [0.29, 0.717) is 5.56 Å². The molecule has 0 amide bonds. The van der Waals surface area contributed by atoms with Crippen molar-refractivity contribution in [3.63, 3.8) is 0 Å². The Kier molecular flexibility index (Phi) is 4.68. The van der Waals surface area contributed by atoms with Crippen molar-refractivity contribution in [1.82, 2.24) is 5.32 Å². The van der Waals surface area contributed by atoms with Crippen molar-refractivity contribution in [3.05, 3.63) is 63.1 Å². The number of rotatable bonds is 2. The molecule has 1 aliphatic rings. The van der Waals surface area contributed by atoms with Crippen LogP contribution in [0, 0.1) is 11.3 Å². The zero-order valence-corrected chi connectivity index (χ0v) is 14.2. The van der Waals surface area contributed by atoms with E-state index in [4.69, 9.17) is 11.6 Å². The van der Waals surface area contributed by atoms with Crippen LogP contribution in [0.3, 0.4) is 0 Å². The lowest BCUT2D eigenvalue weighted by atomic mass is 10.0. The first-order chi connectivity index (χ1) is 10.7. The second-order valence-electron chi connectivity index (χ2n) is 5.24. The fourth-order valence-corrected chi connectivity index (χ4v) is 3.31. The van der Waals surface area contributed by atoms with Gasteiger partial charge in [-0.25, -0.2) is 0 Å². The number of nitrogens with one attached hydrogen (secondary N) is 1. The Morgan fingerprint density at radius 1 is 1.23 bits per heavy atom. The highest BCUT2D eigenvalue weighted by molar-refractivity contribution is 9.10. The van der Waals surface area contributed by atoms with E-state index >= 15 is 0 Å². The molecule has 1 heterocycles. The fraction of sp³-hybridized carbons (Fsp3) is 0.235. The largest absolute Gasteiger partial charge is 0.361 e. The molecular weight excluding hydrogens is 362 g/mol. The van der Waals surface area contributed by atoms with Crippen molar-refractivity contribution in [1.29, 1.82) is 5.26 Å². The lowest BCUT2D eigenvalue weighted by molar-refractivity contribution is 0.489. The predicted molar refractivity (Wildman–Crippen MR) is 93.3 cm³/mol. The molecule has 2 aromatic carbocycles. The van der Waals surface area contributed by atoms with E-state index in [0.717, 1.165) is 34.8 Å². The highest BCUT2D eigenvalue weighted by Crippen LogP contribution is 2.32. The number of hydrogen-bond acceptors (Lipinski definition) is 3. The molecule has 0 bridgehead atoms. The van der Waals surface area contributed by atoms with Gasteiger partial charge in [0, 0.05) is 29.1 Å². The highest BCUT2D eigenvalue weighted by atomic mass is 79.9. The third-order valence-electron chi connectivity index (χ3n) is 3.89. The molecule has 112 valence electrons. The number of piperazine rings is 1. The first-order valence-corrected chi connectivity index (χ1v) is 8.28. The summed E-state index contributed by atoms with van der Waals surface area (Å²) in [5, 5.41) is 13.6. The summed E-state index contributed by atoms with van der Waals surface area (Å²) in [6, 6.07) is 16.3. The van der Waals surface area contributed by atoms with Crippen LogP contribution in [0.25, 0.3) is 0 Å². The summed E-state index contributed by atoms with van der Waals surface area (Å²) < 4.78 is 0.922. The fourth-order valence-electron chi connectivity index (χ4n) is 2.82. The number of nitrogens with zero attached hydrogens (tertiary/aromatic N) is 2. The molecule has 1 atom stereocenters. The molecule has 1 saturated heterocycles. The average Bonchev–Trinajstić information content (AvgIpc) is 2.55. The van der Waals surface area contributed by atoms with Crippen molar-refractivity contribution in [2.75, 3.05) is 24.5 Å². The van der Waals surface area contributed by atoms with Crippen molar-refractivity contribution in [2.24, 2.45) is 0 Å². The monoisotopic (exact) mass is 375 g/mol. The van der Waals surface area contributed by atoms with Gasteiger partial charge in [0.05, 0.1) is 17.3 Å². The molecule has 1 N–H and O–H groups in total. The van der Waals surface area contributed by atoms with Gasteiger partial charge in [0.25, 0.3) is 0 Å². The van der Waals surface area contributed by atoms with Crippen LogP contribution in [0.1, 0.15) is 17.2 Å². The third kappa shape index (κ3) is 3.12. The number of nitriles is 1. The molecule has 1 aliphatic heterocycles. The molecule has 3 nitrogen and oxygen atoms in total. The molecule has 22 heavy (non-hydrogen) atoms. The smallest absolute Gasteiger partial charge is 0.101 e. The van der Waals surface area contributed by atoms with Crippen molar-refractivity contribution in [3.8, 4) is 6.07 Å². The van der Waals surface area contributed by atoms with Gasteiger partial charge in [0.1, 0.15) is 6.07 Å². The van der Waals surface area contributed by atoms with E-state index < -0.39 is 0 Å². The average molecular weight is 377 g/mol. The quantitative estimate of drug-likeness (QED) is 0.857. The van der Waals surface area contributed by atoms with E-state index in [1.807, 2.05) is 30.3 Å². The zero-order chi connectivity index (χ0) is 15.5. The van der Waals surface area contributed by atoms with Gasteiger partial charge in [-0.05, 0) is 35.9 Å². The molecule has 2 aromatic rings. The molecule has 1 fully saturated rings. The van der Waals surface area contributed by atoms with E-state index in [1.165, 1.54) is 5.56 Å². The van der Waals surface area contributed by atoms with E-state index in [9.17, 15) is 5.26 Å². The van der Waals surface area contributed by atoms with Gasteiger partial charge in [0.2, 0.25) is 0 Å². The van der Waals surface area contributed by atoms with Crippen LogP contribution in [0.4, 0.5) is 5.69 Å². The Morgan fingerprint density at radius 3 is 2.73 bits per heavy atom. The Hall–Kier alpha value is -1.54. The lowest BCUT2D eigenvalue weighted by Crippen LogP contribution is -2.46. The lowest BCUT2D eigenvalue weighted by Gasteiger charge is -2.38. The number of anilines is 1. The van der Waals surface area contributed by atoms with Crippen LogP contribution in [0.15, 0.2) is 46.9 Å². The van der Waals surface area contributed by atoms with Gasteiger partial charge < -0.3 is 10.2 Å². The Balaban J connectivity index is 2.00. The van der Waals surface area contributed by atoms with Gasteiger partial charge in [-0.1, -0.05) is 39.7 Å². The molecule has 0 saturated carbocycles. The maximum atomic E-state index is 9.44. The molecular formula is C17H15BrClN3. The summed E-state index contributed by atoms with van der Waals surface area (Å²) in [7, 11) is 0. The molecule has 0 aromatic heterocycles. The summed E-state index contributed by atoms with van der Waals surface area (Å²) in [6.45, 7) is 2.62. The van der Waals surface area contributed by atoms with Gasteiger partial charge >= 0.3 is 0 Å². The van der Waals surface area contributed by atoms with E-state index in [1.54, 1.807) is 0 Å². The highest BCUT2D eigenvalue weighted by Gasteiger charge is 2.25. The molecule has 0 radical (unpaired) electrons. The van der Waals surface area contributed by atoms with Crippen LogP contribution in [0.2, 0.25) is 5.02 Å². The normalized spacial score (nSPS) is 18.0. The van der Waals surface area contributed by atoms with Crippen LogP contribution in [-0.2, 0) is 0 Å². The number of hydrogen-bond donors (Lipinski definition) is 1. The Bertz CT molecular complexity index is 709. The number of benzene rings is 2. The second kappa shape index (κ2) is 6.70. The molecule has 0 aliphatic carbocycles. The minimum Gasteiger partial charge on any atom is -0.361 e. The van der Waals surface area contributed by atoms with E-state index in [2.05, 4.69) is 44.3 Å². The topological polar surface area (TPSA) is 39.1 Å². The Labute approximate surface area is 143 Å². The summed E-state index contributed by atoms with van der Waals surface area (Å²) in [5.74, 6) is 0. The van der Waals surface area contributed by atoms with Crippen molar-refractivity contribution < 1.29 is 0 Å². The van der Waals surface area contributed by atoms with Crippen molar-refractivity contribution >= 4 is 33.2 Å². The molecule has 0 spiro atoms. The third-order valence-corrected chi connectivity index (χ3v) is 4.63. The van der Waals surface area contributed by atoms with Gasteiger partial charge in [-0.15, -0.1) is 0 Å². The first kappa shape index (κ1) is 15.4. The van der Waals surface area contributed by atoms with Crippen LogP contribution < -0.4 is 10.2 Å². The van der Waals surface area contributed by atoms with Crippen LogP contribution in [-0.4, -0.2) is 19.6 Å². The van der Waals surface area contributed by atoms with Crippen LogP contribution in [0.5, 0.6) is 0 Å². The van der Waals surface area contributed by atoms with Gasteiger partial charge in [-0.2, -0.15) is 5.26 Å². The summed E-state index contributed by atoms with van der Waals surface area (Å²) in [4.78, 5) is 2.30. The maximum Gasteiger partial charge on any atom is 0.101 e. The van der Waals surface area contributed by atoms with Crippen molar-refractivity contribution in [2.45, 2.75) is 6.04 Å². The SMILES string of the molecule is N#Cc1cc(Br)ccc1N1CCNC[C@H]1c1ccc(Cl)cc1. The first-order valence-electron chi connectivity index (χ1n) is 7.11. The standard InChI is InChI=1S/C17H15BrClN3/c18-14-3-6-16(13(9-14)10-20)22-8-7-21-11-17(22)12-1-4-15(19)5-2-12/h1-6,9,17,21H,7-8,11H2/t17-/m0/s1.